The molecule has 8 nitrogen and oxygen atoms in total. The summed E-state index contributed by atoms with van der Waals surface area (Å²) < 4.78 is 6.37. The molecule has 0 saturated carbocycles. The number of nitriles is 2. The van der Waals surface area contributed by atoms with Crippen molar-refractivity contribution in [1.82, 2.24) is 9.97 Å². The minimum atomic E-state index is -0.733. The number of H-pyrrole nitrogens is 1. The SMILES string of the molecule is N#CC1=C(N)Oc2c(c(=O)[nH]c3c(C#N)c(Nc4ccccc4)sc23)C1c1cccnc1. The maximum atomic E-state index is 13.2. The summed E-state index contributed by atoms with van der Waals surface area (Å²) in [6, 6.07) is 17.1. The Hall–Kier alpha value is -4.60. The van der Waals surface area contributed by atoms with Crippen molar-refractivity contribution in [2.75, 3.05) is 5.32 Å². The molecular formula is C23H14N6O2S. The highest BCUT2D eigenvalue weighted by Crippen LogP contribution is 2.47. The van der Waals surface area contributed by atoms with E-state index in [0.717, 1.165) is 5.69 Å². The van der Waals surface area contributed by atoms with Crippen LogP contribution in [0.2, 0.25) is 0 Å². The monoisotopic (exact) mass is 438 g/mol. The first-order valence-corrected chi connectivity index (χ1v) is 10.4. The highest BCUT2D eigenvalue weighted by molar-refractivity contribution is 7.23. The minimum absolute atomic E-state index is 0.0785. The molecule has 154 valence electrons. The van der Waals surface area contributed by atoms with Gasteiger partial charge in [0.2, 0.25) is 5.88 Å². The van der Waals surface area contributed by atoms with E-state index in [4.69, 9.17) is 10.5 Å². The molecule has 32 heavy (non-hydrogen) atoms. The molecule has 5 rings (SSSR count). The molecule has 1 aliphatic heterocycles. The fourth-order valence-electron chi connectivity index (χ4n) is 3.78. The van der Waals surface area contributed by atoms with Gasteiger partial charge in [0.15, 0.2) is 5.75 Å². The number of rotatable bonds is 3. The molecule has 1 aliphatic rings. The summed E-state index contributed by atoms with van der Waals surface area (Å²) in [5.74, 6) is -0.564. The van der Waals surface area contributed by atoms with Gasteiger partial charge < -0.3 is 20.8 Å². The highest BCUT2D eigenvalue weighted by atomic mass is 32.1. The lowest BCUT2D eigenvalue weighted by Gasteiger charge is -2.25. The van der Waals surface area contributed by atoms with Crippen molar-refractivity contribution >= 4 is 32.2 Å². The van der Waals surface area contributed by atoms with E-state index in [1.807, 2.05) is 30.3 Å². The molecule has 0 radical (unpaired) electrons. The third-order valence-electron chi connectivity index (χ3n) is 5.18. The maximum absolute atomic E-state index is 13.2. The van der Waals surface area contributed by atoms with Gasteiger partial charge in [-0.3, -0.25) is 9.78 Å². The van der Waals surface area contributed by atoms with Crippen LogP contribution in [0.15, 0.2) is 71.1 Å². The van der Waals surface area contributed by atoms with Crippen LogP contribution in [-0.2, 0) is 0 Å². The lowest BCUT2D eigenvalue weighted by Crippen LogP contribution is -2.27. The lowest BCUT2D eigenvalue weighted by molar-refractivity contribution is 0.397. The number of nitrogens with zero attached hydrogens (tertiary/aromatic N) is 3. The largest absolute Gasteiger partial charge is 0.438 e. The molecule has 0 spiro atoms. The van der Waals surface area contributed by atoms with Gasteiger partial charge in [0.1, 0.15) is 28.3 Å². The van der Waals surface area contributed by atoms with Crippen LogP contribution in [0.4, 0.5) is 10.7 Å². The van der Waals surface area contributed by atoms with Crippen molar-refractivity contribution in [1.29, 1.82) is 10.5 Å². The second-order valence-electron chi connectivity index (χ2n) is 7.02. The molecule has 1 unspecified atom stereocenters. The standard InChI is InChI=1S/C23H14N6O2S/c24-9-14-16(12-5-4-8-27-11-12)17-19(31-21(14)26)20-18(29-22(17)30)15(10-25)23(32-20)28-13-6-2-1-3-7-13/h1-8,11,16,28H,26H2,(H,29,30). The van der Waals surface area contributed by atoms with E-state index in [1.165, 1.54) is 11.3 Å². The summed E-state index contributed by atoms with van der Waals surface area (Å²) in [4.78, 5) is 20.2. The van der Waals surface area contributed by atoms with Gasteiger partial charge in [0, 0.05) is 18.1 Å². The Morgan fingerprint density at radius 3 is 2.66 bits per heavy atom. The molecule has 3 aromatic heterocycles. The van der Waals surface area contributed by atoms with Crippen LogP contribution in [0.1, 0.15) is 22.6 Å². The first-order valence-electron chi connectivity index (χ1n) is 9.54. The molecule has 0 aliphatic carbocycles. The molecular weight excluding hydrogens is 424 g/mol. The fourth-order valence-corrected chi connectivity index (χ4v) is 4.90. The molecule has 0 bridgehead atoms. The predicted octanol–water partition coefficient (Wildman–Crippen LogP) is 3.82. The predicted molar refractivity (Wildman–Crippen MR) is 120 cm³/mol. The van der Waals surface area contributed by atoms with E-state index >= 15 is 0 Å². The Balaban J connectivity index is 1.77. The Labute approximate surface area is 185 Å². The van der Waals surface area contributed by atoms with Crippen LogP contribution in [0, 0.1) is 22.7 Å². The molecule has 1 atom stereocenters. The smallest absolute Gasteiger partial charge is 0.256 e. The number of ether oxygens (including phenoxy) is 1. The van der Waals surface area contributed by atoms with E-state index in [9.17, 15) is 15.3 Å². The quantitative estimate of drug-likeness (QED) is 0.441. The molecule has 1 aromatic carbocycles. The van der Waals surface area contributed by atoms with Gasteiger partial charge in [-0.05, 0) is 23.8 Å². The highest BCUT2D eigenvalue weighted by Gasteiger charge is 2.36. The third-order valence-corrected chi connectivity index (χ3v) is 6.28. The fraction of sp³-hybridized carbons (Fsp3) is 0.0435. The van der Waals surface area contributed by atoms with Gasteiger partial charge in [-0.1, -0.05) is 24.3 Å². The zero-order chi connectivity index (χ0) is 22.2. The van der Waals surface area contributed by atoms with Crippen LogP contribution >= 0.6 is 11.3 Å². The number of thiophene rings is 1. The first kappa shape index (κ1) is 19.4. The van der Waals surface area contributed by atoms with Crippen LogP contribution in [0.25, 0.3) is 10.2 Å². The number of aromatic amines is 1. The van der Waals surface area contributed by atoms with Crippen LogP contribution in [0.3, 0.4) is 0 Å². The van der Waals surface area contributed by atoms with Gasteiger partial charge in [-0.25, -0.2) is 0 Å². The van der Waals surface area contributed by atoms with Crippen LogP contribution < -0.4 is 21.3 Å². The topological polar surface area (TPSA) is 141 Å². The third kappa shape index (κ3) is 2.97. The van der Waals surface area contributed by atoms with E-state index in [2.05, 4.69) is 27.4 Å². The maximum Gasteiger partial charge on any atom is 0.256 e. The van der Waals surface area contributed by atoms with Gasteiger partial charge in [0.25, 0.3) is 5.56 Å². The second-order valence-corrected chi connectivity index (χ2v) is 8.04. The molecule has 4 N–H and O–H groups in total. The van der Waals surface area contributed by atoms with Crippen molar-refractivity contribution in [2.45, 2.75) is 5.92 Å². The number of benzene rings is 1. The number of hydrogen-bond donors (Lipinski definition) is 3. The number of para-hydroxylation sites is 1. The number of anilines is 2. The summed E-state index contributed by atoms with van der Waals surface area (Å²) in [6.45, 7) is 0. The summed E-state index contributed by atoms with van der Waals surface area (Å²) in [5.41, 5.74) is 8.13. The lowest BCUT2D eigenvalue weighted by atomic mass is 9.85. The van der Waals surface area contributed by atoms with E-state index in [-0.39, 0.29) is 22.8 Å². The van der Waals surface area contributed by atoms with Crippen molar-refractivity contribution < 1.29 is 4.74 Å². The Bertz CT molecular complexity index is 1520. The number of fused-ring (bicyclic) bond motifs is 3. The van der Waals surface area contributed by atoms with Gasteiger partial charge in [-0.2, -0.15) is 10.5 Å². The average Bonchev–Trinajstić information content (AvgIpc) is 3.16. The number of aromatic nitrogens is 2. The Morgan fingerprint density at radius 2 is 1.97 bits per heavy atom. The number of hydrogen-bond acceptors (Lipinski definition) is 8. The molecule has 9 heteroatoms. The van der Waals surface area contributed by atoms with Gasteiger partial charge in [-0.15, -0.1) is 11.3 Å². The van der Waals surface area contributed by atoms with E-state index in [1.54, 1.807) is 24.5 Å². The number of nitrogens with two attached hydrogens (primary N) is 1. The molecule has 0 amide bonds. The normalized spacial score (nSPS) is 14.9. The Kier molecular flexibility index (Phi) is 4.59. The second kappa shape index (κ2) is 7.58. The summed E-state index contributed by atoms with van der Waals surface area (Å²) in [7, 11) is 0. The molecule has 4 aromatic rings. The zero-order valence-electron chi connectivity index (χ0n) is 16.4. The number of allylic oxidation sites excluding steroid dienone is 1. The number of pyridine rings is 2. The number of nitrogens with one attached hydrogen (secondary N) is 2. The summed E-state index contributed by atoms with van der Waals surface area (Å²) in [5, 5.41) is 23.3. The van der Waals surface area contributed by atoms with Crippen LogP contribution in [0.5, 0.6) is 5.75 Å². The van der Waals surface area contributed by atoms with Gasteiger partial charge >= 0.3 is 0 Å². The first-order chi connectivity index (χ1) is 15.6. The van der Waals surface area contributed by atoms with Crippen molar-refractivity contribution in [3.8, 4) is 17.9 Å². The molecule has 0 fully saturated rings. The average molecular weight is 438 g/mol. The minimum Gasteiger partial charge on any atom is -0.438 e. The van der Waals surface area contributed by atoms with E-state index in [0.29, 0.717) is 26.3 Å². The zero-order valence-corrected chi connectivity index (χ0v) is 17.2. The summed E-state index contributed by atoms with van der Waals surface area (Å²) in [6.07, 6.45) is 3.20. The van der Waals surface area contributed by atoms with Crippen molar-refractivity contribution in [3.05, 3.63) is 93.4 Å². The van der Waals surface area contributed by atoms with Crippen molar-refractivity contribution in [2.24, 2.45) is 5.73 Å². The molecule has 4 heterocycles. The van der Waals surface area contributed by atoms with Crippen LogP contribution in [-0.4, -0.2) is 9.97 Å². The van der Waals surface area contributed by atoms with E-state index < -0.39 is 11.5 Å². The summed E-state index contributed by atoms with van der Waals surface area (Å²) >= 11 is 1.27. The molecule has 0 saturated heterocycles. The van der Waals surface area contributed by atoms with Crippen molar-refractivity contribution in [3.63, 3.8) is 0 Å². The van der Waals surface area contributed by atoms with Gasteiger partial charge in [0.05, 0.1) is 21.7 Å². The Morgan fingerprint density at radius 1 is 1.16 bits per heavy atom.